The van der Waals surface area contributed by atoms with Crippen LogP contribution in [0.5, 0.6) is 5.75 Å². The Kier molecular flexibility index (Phi) is 5.29. The SMILES string of the molecule is CCOc1ccccc1N1CCN(c2cc([C@@H]3CCOC3)nc(N)n2)CC1. The Hall–Kier alpha value is -2.54. The van der Waals surface area contributed by atoms with Gasteiger partial charge < -0.3 is 25.0 Å². The molecule has 0 amide bonds. The summed E-state index contributed by atoms with van der Waals surface area (Å²) in [7, 11) is 0. The van der Waals surface area contributed by atoms with Gasteiger partial charge in [0.1, 0.15) is 11.6 Å². The fourth-order valence-electron chi connectivity index (χ4n) is 3.78. The molecule has 1 aromatic heterocycles. The first-order valence-corrected chi connectivity index (χ1v) is 9.68. The fraction of sp³-hybridized carbons (Fsp3) is 0.500. The molecule has 0 unspecified atom stereocenters. The monoisotopic (exact) mass is 369 g/mol. The molecule has 2 aliphatic heterocycles. The fourth-order valence-corrected chi connectivity index (χ4v) is 3.78. The van der Waals surface area contributed by atoms with Crippen molar-refractivity contribution >= 4 is 17.5 Å². The van der Waals surface area contributed by atoms with E-state index in [0.29, 0.717) is 18.5 Å². The van der Waals surface area contributed by atoms with Gasteiger partial charge in [0, 0.05) is 44.8 Å². The smallest absolute Gasteiger partial charge is 0.222 e. The van der Waals surface area contributed by atoms with Gasteiger partial charge in [0.15, 0.2) is 0 Å². The van der Waals surface area contributed by atoms with Crippen LogP contribution in [0.25, 0.3) is 0 Å². The van der Waals surface area contributed by atoms with Crippen molar-refractivity contribution in [3.63, 3.8) is 0 Å². The van der Waals surface area contributed by atoms with Gasteiger partial charge >= 0.3 is 0 Å². The number of nitrogens with zero attached hydrogens (tertiary/aromatic N) is 4. The van der Waals surface area contributed by atoms with Crippen molar-refractivity contribution in [3.05, 3.63) is 36.0 Å². The van der Waals surface area contributed by atoms with Crippen molar-refractivity contribution < 1.29 is 9.47 Å². The Balaban J connectivity index is 1.47. The number of anilines is 3. The predicted octanol–water partition coefficient (Wildman–Crippen LogP) is 2.29. The second kappa shape index (κ2) is 8.00. The minimum absolute atomic E-state index is 0.327. The summed E-state index contributed by atoms with van der Waals surface area (Å²) in [6.07, 6.45) is 0.998. The number of hydrogen-bond donors (Lipinski definition) is 1. The zero-order chi connectivity index (χ0) is 18.6. The van der Waals surface area contributed by atoms with Crippen LogP contribution in [0.1, 0.15) is 25.0 Å². The third kappa shape index (κ3) is 3.93. The predicted molar refractivity (Wildman–Crippen MR) is 107 cm³/mol. The van der Waals surface area contributed by atoms with E-state index in [-0.39, 0.29) is 0 Å². The van der Waals surface area contributed by atoms with Crippen LogP contribution in [0.2, 0.25) is 0 Å². The number of nitrogen functional groups attached to an aromatic ring is 1. The number of aromatic nitrogens is 2. The molecule has 7 heteroatoms. The summed E-state index contributed by atoms with van der Waals surface area (Å²) in [6, 6.07) is 10.3. The maximum Gasteiger partial charge on any atom is 0.222 e. The van der Waals surface area contributed by atoms with E-state index < -0.39 is 0 Å². The molecule has 4 rings (SSSR count). The van der Waals surface area contributed by atoms with Gasteiger partial charge in [0.05, 0.1) is 24.6 Å². The lowest BCUT2D eigenvalue weighted by Gasteiger charge is -2.37. The average Bonchev–Trinajstić information content (AvgIpc) is 3.23. The summed E-state index contributed by atoms with van der Waals surface area (Å²) in [5, 5.41) is 0. The molecule has 7 nitrogen and oxygen atoms in total. The van der Waals surface area contributed by atoms with Gasteiger partial charge in [-0.05, 0) is 25.5 Å². The van der Waals surface area contributed by atoms with E-state index in [2.05, 4.69) is 38.0 Å². The summed E-state index contributed by atoms with van der Waals surface area (Å²) in [6.45, 7) is 7.80. The van der Waals surface area contributed by atoms with Crippen molar-refractivity contribution in [2.24, 2.45) is 0 Å². The van der Waals surface area contributed by atoms with Gasteiger partial charge in [0.25, 0.3) is 0 Å². The largest absolute Gasteiger partial charge is 0.492 e. The lowest BCUT2D eigenvalue weighted by atomic mass is 10.0. The third-order valence-corrected chi connectivity index (χ3v) is 5.21. The lowest BCUT2D eigenvalue weighted by molar-refractivity contribution is 0.193. The highest BCUT2D eigenvalue weighted by Crippen LogP contribution is 2.30. The topological polar surface area (TPSA) is 76.7 Å². The van der Waals surface area contributed by atoms with Crippen LogP contribution in [0, 0.1) is 0 Å². The van der Waals surface area contributed by atoms with Gasteiger partial charge in [-0.15, -0.1) is 0 Å². The summed E-state index contributed by atoms with van der Waals surface area (Å²) in [4.78, 5) is 13.6. The lowest BCUT2D eigenvalue weighted by Crippen LogP contribution is -2.47. The zero-order valence-corrected chi connectivity index (χ0v) is 15.8. The van der Waals surface area contributed by atoms with Crippen LogP contribution >= 0.6 is 0 Å². The van der Waals surface area contributed by atoms with Crippen LogP contribution in [0.4, 0.5) is 17.5 Å². The molecule has 0 bridgehead atoms. The number of piperazine rings is 1. The van der Waals surface area contributed by atoms with Crippen LogP contribution in [-0.2, 0) is 4.74 Å². The number of hydrogen-bond acceptors (Lipinski definition) is 7. The highest BCUT2D eigenvalue weighted by molar-refractivity contribution is 5.59. The minimum atomic E-state index is 0.327. The molecule has 1 aromatic carbocycles. The number of ether oxygens (including phenoxy) is 2. The third-order valence-electron chi connectivity index (χ3n) is 5.21. The van der Waals surface area contributed by atoms with E-state index in [4.69, 9.17) is 15.2 Å². The van der Waals surface area contributed by atoms with Crippen LogP contribution in [-0.4, -0.2) is 56.0 Å². The standard InChI is InChI=1S/C20H27N5O2/c1-2-27-18-6-4-3-5-17(18)24-8-10-25(11-9-24)19-13-16(22-20(21)23-19)15-7-12-26-14-15/h3-6,13,15H,2,7-12,14H2,1H3,(H2,21,22,23)/t15-/m1/s1. The van der Waals surface area contributed by atoms with Gasteiger partial charge in [-0.2, -0.15) is 4.98 Å². The second-order valence-corrected chi connectivity index (χ2v) is 6.94. The summed E-state index contributed by atoms with van der Waals surface area (Å²) in [5.74, 6) is 2.54. The van der Waals surface area contributed by atoms with Gasteiger partial charge in [0.2, 0.25) is 5.95 Å². The Morgan fingerprint density at radius 1 is 1.15 bits per heavy atom. The number of benzene rings is 1. The summed E-state index contributed by atoms with van der Waals surface area (Å²) >= 11 is 0. The van der Waals surface area contributed by atoms with Crippen molar-refractivity contribution in [2.75, 3.05) is 61.5 Å². The molecule has 1 atom stereocenters. The molecule has 144 valence electrons. The molecule has 2 fully saturated rings. The highest BCUT2D eigenvalue weighted by Gasteiger charge is 2.24. The maximum absolute atomic E-state index is 5.99. The molecule has 2 aliphatic rings. The molecular formula is C20H27N5O2. The first kappa shape index (κ1) is 17.9. The molecule has 27 heavy (non-hydrogen) atoms. The van der Waals surface area contributed by atoms with Crippen molar-refractivity contribution in [1.29, 1.82) is 0 Å². The number of rotatable bonds is 5. The van der Waals surface area contributed by atoms with Gasteiger partial charge in [-0.25, -0.2) is 4.98 Å². The molecule has 0 saturated carbocycles. The van der Waals surface area contributed by atoms with Gasteiger partial charge in [-0.1, -0.05) is 12.1 Å². The van der Waals surface area contributed by atoms with Crippen molar-refractivity contribution in [2.45, 2.75) is 19.3 Å². The number of nitrogens with two attached hydrogens (primary N) is 1. The molecular weight excluding hydrogens is 342 g/mol. The Morgan fingerprint density at radius 2 is 1.93 bits per heavy atom. The van der Waals surface area contributed by atoms with E-state index in [1.54, 1.807) is 0 Å². The van der Waals surface area contributed by atoms with Gasteiger partial charge in [-0.3, -0.25) is 0 Å². The Morgan fingerprint density at radius 3 is 2.67 bits per heavy atom. The van der Waals surface area contributed by atoms with Crippen LogP contribution in [0.15, 0.2) is 30.3 Å². The van der Waals surface area contributed by atoms with E-state index in [0.717, 1.165) is 68.8 Å². The summed E-state index contributed by atoms with van der Waals surface area (Å²) < 4.78 is 11.3. The minimum Gasteiger partial charge on any atom is -0.492 e. The van der Waals surface area contributed by atoms with Crippen molar-refractivity contribution in [3.8, 4) is 5.75 Å². The first-order chi connectivity index (χ1) is 13.2. The molecule has 0 aliphatic carbocycles. The molecule has 0 radical (unpaired) electrons. The van der Waals surface area contributed by atoms with E-state index in [9.17, 15) is 0 Å². The average molecular weight is 369 g/mol. The van der Waals surface area contributed by atoms with Crippen LogP contribution < -0.4 is 20.3 Å². The van der Waals surface area contributed by atoms with Crippen molar-refractivity contribution in [1.82, 2.24) is 9.97 Å². The molecule has 3 heterocycles. The Labute approximate surface area is 160 Å². The summed E-state index contributed by atoms with van der Waals surface area (Å²) in [5.41, 5.74) is 8.15. The second-order valence-electron chi connectivity index (χ2n) is 6.94. The van der Waals surface area contributed by atoms with E-state index in [1.807, 2.05) is 19.1 Å². The molecule has 0 spiro atoms. The molecule has 2 aromatic rings. The zero-order valence-electron chi connectivity index (χ0n) is 15.8. The normalized spacial score (nSPS) is 20.1. The highest BCUT2D eigenvalue weighted by atomic mass is 16.5. The van der Waals surface area contributed by atoms with E-state index in [1.165, 1.54) is 0 Å². The Bertz CT molecular complexity index is 771. The maximum atomic E-state index is 5.99. The van der Waals surface area contributed by atoms with Crippen LogP contribution in [0.3, 0.4) is 0 Å². The first-order valence-electron chi connectivity index (χ1n) is 9.68. The molecule has 2 saturated heterocycles. The quantitative estimate of drug-likeness (QED) is 0.866. The number of para-hydroxylation sites is 2. The molecule has 2 N–H and O–H groups in total. The van der Waals surface area contributed by atoms with E-state index >= 15 is 0 Å².